The van der Waals surface area contributed by atoms with E-state index in [2.05, 4.69) is 17.3 Å². The molecule has 9 nitrogen and oxygen atoms in total. The molecule has 10 heteroatoms. The van der Waals surface area contributed by atoms with E-state index in [1.165, 1.54) is 12.1 Å². The van der Waals surface area contributed by atoms with Crippen molar-refractivity contribution in [2.24, 2.45) is 11.7 Å². The Morgan fingerprint density at radius 3 is 2.61 bits per heavy atom. The number of amides is 1. The van der Waals surface area contributed by atoms with Crippen molar-refractivity contribution in [1.29, 1.82) is 0 Å². The molecule has 0 spiro atoms. The summed E-state index contributed by atoms with van der Waals surface area (Å²) < 4.78 is 39.7. The summed E-state index contributed by atoms with van der Waals surface area (Å²) in [6, 6.07) is 15.8. The fourth-order valence-corrected chi connectivity index (χ4v) is 5.80. The van der Waals surface area contributed by atoms with Crippen LogP contribution in [0.3, 0.4) is 0 Å². The molecule has 3 rings (SSSR count). The van der Waals surface area contributed by atoms with Crippen molar-refractivity contribution in [2.45, 2.75) is 50.2 Å². The number of nitrogens with one attached hydrogen (secondary N) is 1. The Morgan fingerprint density at radius 2 is 1.92 bits per heavy atom. The number of nitrogens with zero attached hydrogens (tertiary/aromatic N) is 1. The zero-order valence-electron chi connectivity index (χ0n) is 20.6. The maximum Gasteiger partial charge on any atom is 0.245 e. The van der Waals surface area contributed by atoms with Crippen molar-refractivity contribution >= 4 is 15.9 Å². The zero-order chi connectivity index (χ0) is 26.2. The molecule has 2 aromatic carbocycles. The smallest absolute Gasteiger partial charge is 0.245 e. The lowest BCUT2D eigenvalue weighted by atomic mass is 9.98. The molecule has 1 aliphatic heterocycles. The number of ether oxygens (including phenoxy) is 2. The lowest BCUT2D eigenvalue weighted by Gasteiger charge is -2.40. The van der Waals surface area contributed by atoms with Crippen LogP contribution in [0.4, 0.5) is 0 Å². The van der Waals surface area contributed by atoms with Crippen molar-refractivity contribution < 1.29 is 27.8 Å². The van der Waals surface area contributed by atoms with E-state index in [0.29, 0.717) is 17.9 Å². The molecule has 1 unspecified atom stereocenters. The molecule has 1 heterocycles. The molecule has 1 aliphatic rings. The van der Waals surface area contributed by atoms with Gasteiger partial charge < -0.3 is 25.6 Å². The van der Waals surface area contributed by atoms with Crippen LogP contribution in [0.15, 0.2) is 53.4 Å². The van der Waals surface area contributed by atoms with Crippen molar-refractivity contribution in [3.05, 3.63) is 54.1 Å². The van der Waals surface area contributed by atoms with E-state index in [9.17, 15) is 18.3 Å². The summed E-state index contributed by atoms with van der Waals surface area (Å²) in [5, 5.41) is 14.7. The summed E-state index contributed by atoms with van der Waals surface area (Å²) in [6.07, 6.45) is 0.493. The number of hydrogen-bond acceptors (Lipinski definition) is 7. The third kappa shape index (κ3) is 6.91. The summed E-state index contributed by atoms with van der Waals surface area (Å²) in [5.74, 6) is 3.08. The van der Waals surface area contributed by atoms with Gasteiger partial charge in [0, 0.05) is 50.9 Å². The molecule has 0 aromatic heterocycles. The summed E-state index contributed by atoms with van der Waals surface area (Å²) in [6.45, 7) is 3.92. The van der Waals surface area contributed by atoms with Gasteiger partial charge >= 0.3 is 0 Å². The number of hydrogen-bond donors (Lipinski definition) is 3. The molecule has 0 saturated heterocycles. The van der Waals surface area contributed by atoms with E-state index in [1.54, 1.807) is 6.07 Å². The Labute approximate surface area is 212 Å². The number of nitrogens with two attached hydrogens (primary N) is 1. The fraction of sp³-hybridized carbons (Fsp3) is 0.423. The number of rotatable bonds is 12. The molecule has 2 aromatic rings. The highest BCUT2D eigenvalue weighted by atomic mass is 32.2. The second kappa shape index (κ2) is 12.1. The van der Waals surface area contributed by atoms with Gasteiger partial charge in [-0.2, -0.15) is 4.31 Å². The first-order chi connectivity index (χ1) is 17.2. The first-order valence-electron chi connectivity index (χ1n) is 11.8. The van der Waals surface area contributed by atoms with E-state index < -0.39 is 15.7 Å². The van der Waals surface area contributed by atoms with Crippen LogP contribution >= 0.6 is 0 Å². The number of carbonyl (C=O) groups excluding carboxylic acids is 1. The molecule has 1 atom stereocenters. The summed E-state index contributed by atoms with van der Waals surface area (Å²) in [7, 11) is -4.16. The topological polar surface area (TPSA) is 131 Å². The lowest BCUT2D eigenvalue weighted by Crippen LogP contribution is -2.55. The Balaban J connectivity index is 1.93. The Bertz CT molecular complexity index is 1210. The second-order valence-electron chi connectivity index (χ2n) is 9.01. The Hall–Kier alpha value is -3.26. The molecule has 0 aliphatic carbocycles. The van der Waals surface area contributed by atoms with Crippen LogP contribution in [0, 0.1) is 17.9 Å². The highest BCUT2D eigenvalue weighted by Crippen LogP contribution is 2.37. The minimum atomic E-state index is -4.16. The highest BCUT2D eigenvalue weighted by Gasteiger charge is 2.43. The van der Waals surface area contributed by atoms with E-state index in [-0.39, 0.29) is 55.9 Å². The van der Waals surface area contributed by atoms with Gasteiger partial charge in [0.15, 0.2) is 11.5 Å². The molecule has 0 bridgehead atoms. The van der Waals surface area contributed by atoms with Crippen molar-refractivity contribution in [2.75, 3.05) is 19.9 Å². The van der Waals surface area contributed by atoms with Crippen LogP contribution in [0.25, 0.3) is 0 Å². The fourth-order valence-electron chi connectivity index (χ4n) is 3.95. The first kappa shape index (κ1) is 27.3. The number of fused-ring (bicyclic) bond motifs is 1. The summed E-state index contributed by atoms with van der Waals surface area (Å²) >= 11 is 0. The van der Waals surface area contributed by atoms with Gasteiger partial charge in [0.25, 0.3) is 0 Å². The monoisotopic (exact) mass is 515 g/mol. The van der Waals surface area contributed by atoms with Crippen LogP contribution in [0.1, 0.15) is 38.7 Å². The first-order valence-corrected chi connectivity index (χ1v) is 13.2. The van der Waals surface area contributed by atoms with Gasteiger partial charge in [0.1, 0.15) is 5.72 Å². The molecule has 0 fully saturated rings. The molecule has 0 saturated carbocycles. The molecule has 194 valence electrons. The van der Waals surface area contributed by atoms with Gasteiger partial charge in [0.05, 0.1) is 4.90 Å². The van der Waals surface area contributed by atoms with Crippen molar-refractivity contribution in [3.8, 4) is 23.5 Å². The van der Waals surface area contributed by atoms with Crippen LogP contribution in [-0.2, 0) is 21.2 Å². The maximum absolute atomic E-state index is 13.9. The van der Waals surface area contributed by atoms with Gasteiger partial charge in [-0.1, -0.05) is 50.1 Å². The minimum Gasteiger partial charge on any atom is -0.454 e. The molecule has 1 amide bonds. The second-order valence-corrected chi connectivity index (χ2v) is 10.9. The van der Waals surface area contributed by atoms with Gasteiger partial charge in [-0.25, -0.2) is 8.42 Å². The van der Waals surface area contributed by atoms with Gasteiger partial charge in [-0.05, 0) is 23.6 Å². The molecule has 36 heavy (non-hydrogen) atoms. The van der Waals surface area contributed by atoms with Crippen LogP contribution < -0.4 is 20.5 Å². The predicted molar refractivity (Wildman–Crippen MR) is 135 cm³/mol. The van der Waals surface area contributed by atoms with Crippen LogP contribution in [-0.4, -0.2) is 49.3 Å². The van der Waals surface area contributed by atoms with Gasteiger partial charge in [-0.3, -0.25) is 4.79 Å². The third-order valence-corrected chi connectivity index (χ3v) is 7.60. The van der Waals surface area contributed by atoms with E-state index in [0.717, 1.165) is 9.87 Å². The summed E-state index contributed by atoms with van der Waals surface area (Å²) in [4.78, 5) is 12.2. The Kier molecular flexibility index (Phi) is 9.20. The average Bonchev–Trinajstić information content (AvgIpc) is 3.31. The zero-order valence-corrected chi connectivity index (χ0v) is 21.4. The van der Waals surface area contributed by atoms with Crippen molar-refractivity contribution in [3.63, 3.8) is 0 Å². The third-order valence-electron chi connectivity index (χ3n) is 5.68. The van der Waals surface area contributed by atoms with Gasteiger partial charge in [0.2, 0.25) is 22.7 Å². The van der Waals surface area contributed by atoms with Crippen LogP contribution in [0.2, 0.25) is 0 Å². The van der Waals surface area contributed by atoms with Crippen LogP contribution in [0.5, 0.6) is 11.5 Å². The van der Waals surface area contributed by atoms with Crippen molar-refractivity contribution in [1.82, 2.24) is 9.62 Å². The number of benzene rings is 2. The minimum absolute atomic E-state index is 0.0109. The summed E-state index contributed by atoms with van der Waals surface area (Å²) in [5.41, 5.74) is 4.08. The van der Waals surface area contributed by atoms with E-state index in [1.807, 2.05) is 44.2 Å². The molecular weight excluding hydrogens is 482 g/mol. The predicted octanol–water partition coefficient (Wildman–Crippen LogP) is 2.20. The number of sulfonamides is 1. The number of aliphatic hydroxyl groups is 1. The van der Waals surface area contributed by atoms with Gasteiger partial charge in [-0.15, -0.1) is 0 Å². The highest BCUT2D eigenvalue weighted by molar-refractivity contribution is 7.89. The van der Waals surface area contributed by atoms with E-state index in [4.69, 9.17) is 15.2 Å². The lowest BCUT2D eigenvalue weighted by molar-refractivity contribution is -0.121. The largest absolute Gasteiger partial charge is 0.454 e. The molecule has 0 radical (unpaired) electrons. The number of carbonyl (C=O) groups is 1. The average molecular weight is 516 g/mol. The Morgan fingerprint density at radius 1 is 1.19 bits per heavy atom. The SMILES string of the molecule is CC(C)CN(C(O)(CCNC(=O)CCC#CN)Cc1ccccc1)S(=O)(=O)c1ccc2c(c1)OCO2. The maximum atomic E-state index is 13.9. The normalized spacial score (nSPS) is 14.2. The quantitative estimate of drug-likeness (QED) is 0.224. The molecule has 4 N–H and O–H groups in total. The standard InChI is InChI=1S/C26H33N3O6S/c1-20(2)18-29(36(32,33)22-11-12-23-24(16-22)35-19-34-23)26(31,17-21-8-4-3-5-9-21)13-15-28-25(30)10-6-7-14-27/h3-5,8-9,11-12,16,20,31H,6,10,13,15,17-19,27H2,1-2H3,(H,28,30). The van der Waals surface area contributed by atoms with E-state index >= 15 is 0 Å². The molecular formula is C26H33N3O6S.